The molecule has 3 nitrogen and oxygen atoms in total. The summed E-state index contributed by atoms with van der Waals surface area (Å²) in [5, 5.41) is 9.42. The lowest BCUT2D eigenvalue weighted by Crippen LogP contribution is -2.27. The summed E-state index contributed by atoms with van der Waals surface area (Å²) in [6, 6.07) is 8.08. The fraction of sp³-hybridized carbons (Fsp3) is 0.467. The molecule has 1 aromatic rings. The van der Waals surface area contributed by atoms with Crippen LogP contribution in [-0.4, -0.2) is 21.9 Å². The van der Waals surface area contributed by atoms with Gasteiger partial charge in [-0.3, -0.25) is 9.59 Å². The predicted octanol–water partition coefficient (Wildman–Crippen LogP) is 3.09. The Kier molecular flexibility index (Phi) is 4.64. The highest BCUT2D eigenvalue weighted by atomic mass is 32.2. The lowest BCUT2D eigenvalue weighted by Gasteiger charge is -2.29. The Labute approximate surface area is 117 Å². The summed E-state index contributed by atoms with van der Waals surface area (Å²) in [5.74, 6) is -0.871. The smallest absolute Gasteiger partial charge is 0.307 e. The molecule has 2 rings (SSSR count). The van der Waals surface area contributed by atoms with Gasteiger partial charge in [0.2, 0.25) is 0 Å². The molecular formula is C15H18O3S. The summed E-state index contributed by atoms with van der Waals surface area (Å²) in [6.07, 6.45) is 2.95. The van der Waals surface area contributed by atoms with E-state index in [0.717, 1.165) is 36.6 Å². The molecule has 4 heteroatoms. The first kappa shape index (κ1) is 14.1. The van der Waals surface area contributed by atoms with E-state index in [1.165, 1.54) is 12.5 Å². The normalized spacial score (nSPS) is 19.5. The van der Waals surface area contributed by atoms with Gasteiger partial charge in [0, 0.05) is 12.7 Å². The fourth-order valence-corrected chi connectivity index (χ4v) is 3.57. The molecule has 0 heterocycles. The minimum absolute atomic E-state index is 0.0182. The first-order valence-corrected chi connectivity index (χ1v) is 7.52. The first-order chi connectivity index (χ1) is 9.09. The molecule has 102 valence electrons. The lowest BCUT2D eigenvalue weighted by molar-refractivity contribution is -0.141. The molecule has 1 N–H and O–H groups in total. The molecule has 1 aromatic carbocycles. The van der Waals surface area contributed by atoms with E-state index < -0.39 is 11.9 Å². The number of carboxylic acid groups (broad SMARTS) is 1. The molecule has 0 fully saturated rings. The first-order valence-electron chi connectivity index (χ1n) is 6.53. The zero-order chi connectivity index (χ0) is 13.8. The van der Waals surface area contributed by atoms with Gasteiger partial charge in [-0.25, -0.2) is 0 Å². The molecule has 0 unspecified atom stereocenters. The third-order valence-corrected chi connectivity index (χ3v) is 4.62. The highest BCUT2D eigenvalue weighted by Crippen LogP contribution is 2.38. The molecule has 0 aromatic heterocycles. The molecule has 0 aliphatic heterocycles. The molecule has 0 saturated heterocycles. The standard InChI is InChI=1S/C15H18O3S/c1-10(16)19-9-14(15(17)18)13-8-4-6-11-5-2-3-7-12(11)13/h2-3,5,7,13-14H,4,6,8-9H2,1H3,(H,17,18)/t13-,14+/m0/s1. The molecular weight excluding hydrogens is 260 g/mol. The molecule has 0 bridgehead atoms. The van der Waals surface area contributed by atoms with Crippen molar-refractivity contribution in [3.8, 4) is 0 Å². The van der Waals surface area contributed by atoms with Gasteiger partial charge in [0.25, 0.3) is 0 Å². The number of carbonyl (C=O) groups excluding carboxylic acids is 1. The predicted molar refractivity (Wildman–Crippen MR) is 76.4 cm³/mol. The number of aryl methyl sites for hydroxylation is 1. The Morgan fingerprint density at radius 1 is 1.42 bits per heavy atom. The van der Waals surface area contributed by atoms with Gasteiger partial charge in [0.1, 0.15) is 0 Å². The van der Waals surface area contributed by atoms with Crippen LogP contribution >= 0.6 is 11.8 Å². The number of carbonyl (C=O) groups is 2. The van der Waals surface area contributed by atoms with Gasteiger partial charge in [-0.15, -0.1) is 0 Å². The second-order valence-electron chi connectivity index (χ2n) is 4.94. The zero-order valence-corrected chi connectivity index (χ0v) is 11.8. The van der Waals surface area contributed by atoms with E-state index in [1.807, 2.05) is 18.2 Å². The van der Waals surface area contributed by atoms with Crippen molar-refractivity contribution < 1.29 is 14.7 Å². The SMILES string of the molecule is CC(=O)SC[C@@H](C(=O)O)[C@H]1CCCc2ccccc21. The van der Waals surface area contributed by atoms with Crippen LogP contribution in [0.4, 0.5) is 0 Å². The lowest BCUT2D eigenvalue weighted by atomic mass is 9.76. The van der Waals surface area contributed by atoms with Crippen LogP contribution in [0.25, 0.3) is 0 Å². The number of rotatable bonds is 4. The van der Waals surface area contributed by atoms with Crippen LogP contribution in [-0.2, 0) is 16.0 Å². The fourth-order valence-electron chi connectivity index (χ4n) is 2.78. The van der Waals surface area contributed by atoms with Crippen LogP contribution < -0.4 is 0 Å². The summed E-state index contributed by atoms with van der Waals surface area (Å²) < 4.78 is 0. The third kappa shape index (κ3) is 3.38. The van der Waals surface area contributed by atoms with Crippen molar-refractivity contribution >= 4 is 22.8 Å². The number of hydrogen-bond acceptors (Lipinski definition) is 3. The number of carboxylic acids is 1. The molecule has 19 heavy (non-hydrogen) atoms. The second kappa shape index (κ2) is 6.24. The summed E-state index contributed by atoms with van der Waals surface area (Å²) in [4.78, 5) is 22.6. The van der Waals surface area contributed by atoms with Gasteiger partial charge >= 0.3 is 5.97 Å². The number of aliphatic carboxylic acids is 1. The molecule has 0 amide bonds. The molecule has 1 aliphatic carbocycles. The molecule has 0 radical (unpaired) electrons. The van der Waals surface area contributed by atoms with Crippen molar-refractivity contribution in [1.82, 2.24) is 0 Å². The number of thioether (sulfide) groups is 1. The molecule has 2 atom stereocenters. The Morgan fingerprint density at radius 3 is 2.84 bits per heavy atom. The van der Waals surface area contributed by atoms with E-state index in [2.05, 4.69) is 6.07 Å². The van der Waals surface area contributed by atoms with E-state index in [-0.39, 0.29) is 11.0 Å². The second-order valence-corrected chi connectivity index (χ2v) is 6.14. The maximum absolute atomic E-state index is 11.5. The van der Waals surface area contributed by atoms with E-state index in [9.17, 15) is 14.7 Å². The zero-order valence-electron chi connectivity index (χ0n) is 11.0. The quantitative estimate of drug-likeness (QED) is 0.919. The summed E-state index contributed by atoms with van der Waals surface area (Å²) in [7, 11) is 0. The van der Waals surface area contributed by atoms with Crippen molar-refractivity contribution in [2.75, 3.05) is 5.75 Å². The van der Waals surface area contributed by atoms with Crippen molar-refractivity contribution in [2.24, 2.45) is 5.92 Å². The average Bonchev–Trinajstić information content (AvgIpc) is 2.38. The number of fused-ring (bicyclic) bond motifs is 1. The van der Waals surface area contributed by atoms with Crippen LogP contribution in [0, 0.1) is 5.92 Å². The van der Waals surface area contributed by atoms with Crippen molar-refractivity contribution in [3.63, 3.8) is 0 Å². The Bertz CT molecular complexity index is 484. The van der Waals surface area contributed by atoms with Crippen LogP contribution in [0.3, 0.4) is 0 Å². The largest absolute Gasteiger partial charge is 0.481 e. The molecule has 1 aliphatic rings. The maximum Gasteiger partial charge on any atom is 0.307 e. The van der Waals surface area contributed by atoms with Gasteiger partial charge in [-0.05, 0) is 36.3 Å². The Hall–Kier alpha value is -1.29. The summed E-state index contributed by atoms with van der Waals surface area (Å²) >= 11 is 1.12. The van der Waals surface area contributed by atoms with Crippen molar-refractivity contribution in [3.05, 3.63) is 35.4 Å². The highest BCUT2D eigenvalue weighted by Gasteiger charge is 2.32. The van der Waals surface area contributed by atoms with Gasteiger partial charge < -0.3 is 5.11 Å². The van der Waals surface area contributed by atoms with Gasteiger partial charge in [0.15, 0.2) is 5.12 Å². The number of hydrogen-bond donors (Lipinski definition) is 1. The van der Waals surface area contributed by atoms with E-state index in [4.69, 9.17) is 0 Å². The van der Waals surface area contributed by atoms with Gasteiger partial charge in [-0.1, -0.05) is 36.0 Å². The highest BCUT2D eigenvalue weighted by molar-refractivity contribution is 8.13. The third-order valence-electron chi connectivity index (χ3n) is 3.68. The van der Waals surface area contributed by atoms with E-state index in [0.29, 0.717) is 5.75 Å². The van der Waals surface area contributed by atoms with Crippen LogP contribution in [0.2, 0.25) is 0 Å². The van der Waals surface area contributed by atoms with Crippen molar-refractivity contribution in [2.45, 2.75) is 32.1 Å². The van der Waals surface area contributed by atoms with Crippen LogP contribution in [0.1, 0.15) is 36.8 Å². The van der Waals surface area contributed by atoms with E-state index >= 15 is 0 Å². The minimum atomic E-state index is -0.796. The van der Waals surface area contributed by atoms with Crippen LogP contribution in [0.15, 0.2) is 24.3 Å². The summed E-state index contributed by atoms with van der Waals surface area (Å²) in [6.45, 7) is 1.48. The number of benzene rings is 1. The molecule has 0 spiro atoms. The maximum atomic E-state index is 11.5. The van der Waals surface area contributed by atoms with Gasteiger partial charge in [-0.2, -0.15) is 0 Å². The monoisotopic (exact) mass is 278 g/mol. The average molecular weight is 278 g/mol. The Morgan fingerprint density at radius 2 is 2.16 bits per heavy atom. The summed E-state index contributed by atoms with van der Waals surface area (Å²) in [5.41, 5.74) is 2.42. The van der Waals surface area contributed by atoms with Crippen molar-refractivity contribution in [1.29, 1.82) is 0 Å². The minimum Gasteiger partial charge on any atom is -0.481 e. The molecule has 0 saturated carbocycles. The van der Waals surface area contributed by atoms with Crippen LogP contribution in [0.5, 0.6) is 0 Å². The topological polar surface area (TPSA) is 54.4 Å². The van der Waals surface area contributed by atoms with E-state index in [1.54, 1.807) is 0 Å². The van der Waals surface area contributed by atoms with Gasteiger partial charge in [0.05, 0.1) is 5.92 Å². The Balaban J connectivity index is 2.23.